The van der Waals surface area contributed by atoms with Crippen molar-refractivity contribution in [3.63, 3.8) is 0 Å². The maximum absolute atomic E-state index is 17.1. The Hall–Kier alpha value is -3.55. The van der Waals surface area contributed by atoms with Gasteiger partial charge in [-0.05, 0) is 57.7 Å². The minimum atomic E-state index is -3.01. The van der Waals surface area contributed by atoms with Crippen molar-refractivity contribution in [3.8, 4) is 22.9 Å². The average molecular weight is 641 g/mol. The molecule has 0 saturated carbocycles. The second-order valence-electron chi connectivity index (χ2n) is 13.0. The Kier molecular flexibility index (Phi) is 6.15. The standard InChI is InChI=1S/C31H32ClF3N8O2/c32-22-20(16-4-1-5-18-25(16)43(28(34)35)29(36)38-18)23(33)24-21-26(22)44-13-19-17-7-6-15(37-17)12-42(19)27(21)40-30(39-24)45-14-31-8-2-10-41(31)11-3-9-31/h1,4-5,15,17,19,28,37H,2-3,6-14H2,(H2,36,38). The molecule has 3 atom stereocenters. The number of aromatic nitrogens is 4. The van der Waals surface area contributed by atoms with Crippen LogP contribution in [0.1, 0.15) is 45.1 Å². The van der Waals surface area contributed by atoms with Crippen molar-refractivity contribution in [2.75, 3.05) is 43.5 Å². The van der Waals surface area contributed by atoms with Crippen molar-refractivity contribution in [2.24, 2.45) is 0 Å². The van der Waals surface area contributed by atoms with Crippen LogP contribution in [0, 0.1) is 5.82 Å². The van der Waals surface area contributed by atoms with Crippen LogP contribution < -0.4 is 25.4 Å². The normalized spacial score (nSPS) is 25.2. The topological polar surface area (TPSA) is 107 Å². The monoisotopic (exact) mass is 640 g/mol. The van der Waals surface area contributed by atoms with Crippen LogP contribution in [0.4, 0.5) is 24.9 Å². The van der Waals surface area contributed by atoms with E-state index in [1.54, 1.807) is 12.1 Å². The largest absolute Gasteiger partial charge is 0.489 e. The second-order valence-corrected chi connectivity index (χ2v) is 13.3. The molecule has 2 aromatic carbocycles. The van der Waals surface area contributed by atoms with Crippen molar-refractivity contribution < 1.29 is 22.6 Å². The summed E-state index contributed by atoms with van der Waals surface area (Å²) in [6.07, 6.45) is 6.30. The lowest BCUT2D eigenvalue weighted by Crippen LogP contribution is -2.60. The summed E-state index contributed by atoms with van der Waals surface area (Å²) in [6, 6.07) is 5.12. The van der Waals surface area contributed by atoms with Crippen LogP contribution in [0.25, 0.3) is 33.1 Å². The smallest absolute Gasteiger partial charge is 0.321 e. The molecule has 7 heterocycles. The molecule has 4 saturated heterocycles. The molecule has 236 valence electrons. The lowest BCUT2D eigenvalue weighted by atomic mass is 9.95. The first-order valence-corrected chi connectivity index (χ1v) is 16.0. The Bertz CT molecular complexity index is 1860. The van der Waals surface area contributed by atoms with Crippen molar-refractivity contribution in [1.29, 1.82) is 0 Å². The number of hydrogen-bond acceptors (Lipinski definition) is 9. The van der Waals surface area contributed by atoms with Gasteiger partial charge in [-0.15, -0.1) is 0 Å². The van der Waals surface area contributed by atoms with Crippen LogP contribution in [0.5, 0.6) is 11.8 Å². The van der Waals surface area contributed by atoms with E-state index in [1.807, 2.05) is 0 Å². The first kappa shape index (κ1) is 27.7. The number of benzene rings is 2. The number of imidazole rings is 1. The van der Waals surface area contributed by atoms with E-state index in [4.69, 9.17) is 31.8 Å². The van der Waals surface area contributed by atoms with Gasteiger partial charge in [0.25, 0.3) is 0 Å². The third kappa shape index (κ3) is 3.99. The van der Waals surface area contributed by atoms with Crippen LogP contribution in [0.15, 0.2) is 18.2 Å². The van der Waals surface area contributed by atoms with E-state index in [2.05, 4.69) is 25.1 Å². The van der Waals surface area contributed by atoms with E-state index in [-0.39, 0.29) is 80.7 Å². The van der Waals surface area contributed by atoms with Crippen LogP contribution in [-0.4, -0.2) is 80.9 Å². The highest BCUT2D eigenvalue weighted by Crippen LogP contribution is 2.50. The lowest BCUT2D eigenvalue weighted by Gasteiger charge is -2.40. The maximum atomic E-state index is 17.1. The van der Waals surface area contributed by atoms with Crippen molar-refractivity contribution in [3.05, 3.63) is 29.0 Å². The third-order valence-corrected chi connectivity index (χ3v) is 11.0. The second kappa shape index (κ2) is 9.97. The molecule has 5 aliphatic heterocycles. The van der Waals surface area contributed by atoms with Crippen LogP contribution >= 0.6 is 11.6 Å². The third-order valence-electron chi connectivity index (χ3n) is 10.7. The van der Waals surface area contributed by atoms with E-state index in [1.165, 1.54) is 6.07 Å². The number of fused-ring (bicyclic) bond motifs is 7. The molecule has 4 fully saturated rings. The molecule has 3 N–H and O–H groups in total. The number of nitrogens with one attached hydrogen (secondary N) is 1. The highest BCUT2D eigenvalue weighted by molar-refractivity contribution is 6.37. The number of para-hydroxylation sites is 1. The molecule has 10 nitrogen and oxygen atoms in total. The number of anilines is 2. The number of alkyl halides is 2. The van der Waals surface area contributed by atoms with E-state index in [0.717, 1.165) is 51.6 Å². The molecule has 2 aromatic heterocycles. The Morgan fingerprint density at radius 1 is 1.16 bits per heavy atom. The summed E-state index contributed by atoms with van der Waals surface area (Å²) in [5.74, 6) is -0.419. The Balaban J connectivity index is 1.26. The SMILES string of the molecule is Nc1nc2cccc(-c3c(Cl)c4c5c(nc(OCC67CCCN6CCC7)nc5c3F)N3CC5CCC(N5)C3CO4)c2n1C(F)F. The van der Waals surface area contributed by atoms with Gasteiger partial charge >= 0.3 is 12.6 Å². The van der Waals surface area contributed by atoms with Gasteiger partial charge < -0.3 is 25.4 Å². The fourth-order valence-electron chi connectivity index (χ4n) is 8.61. The number of nitrogens with zero attached hydrogens (tertiary/aromatic N) is 6. The highest BCUT2D eigenvalue weighted by atomic mass is 35.5. The molecule has 0 amide bonds. The predicted molar refractivity (Wildman–Crippen MR) is 164 cm³/mol. The van der Waals surface area contributed by atoms with Gasteiger partial charge in [-0.3, -0.25) is 9.47 Å². The number of halogens is 4. The van der Waals surface area contributed by atoms with Crippen LogP contribution in [-0.2, 0) is 0 Å². The first-order valence-electron chi connectivity index (χ1n) is 15.6. The van der Waals surface area contributed by atoms with E-state index in [9.17, 15) is 8.78 Å². The molecular formula is C31H32ClF3N8O2. The summed E-state index contributed by atoms with van der Waals surface area (Å²) >= 11 is 7.03. The Labute approximate surface area is 261 Å². The van der Waals surface area contributed by atoms with Gasteiger partial charge in [-0.1, -0.05) is 23.7 Å². The number of hydrogen-bond donors (Lipinski definition) is 2. The summed E-state index contributed by atoms with van der Waals surface area (Å²) in [5, 5.41) is 3.99. The number of nitrogen functional groups attached to an aromatic ring is 1. The molecule has 0 radical (unpaired) electrons. The highest BCUT2D eigenvalue weighted by Gasteiger charge is 2.46. The van der Waals surface area contributed by atoms with E-state index >= 15 is 4.39 Å². The molecule has 0 aliphatic carbocycles. The van der Waals surface area contributed by atoms with E-state index in [0.29, 0.717) is 28.9 Å². The lowest BCUT2D eigenvalue weighted by molar-refractivity contribution is 0.0771. The van der Waals surface area contributed by atoms with Crippen molar-refractivity contribution >= 4 is 45.3 Å². The molecule has 0 spiro atoms. The molecule has 9 rings (SSSR count). The molecule has 45 heavy (non-hydrogen) atoms. The zero-order chi connectivity index (χ0) is 30.6. The van der Waals surface area contributed by atoms with Gasteiger partial charge in [0.05, 0.1) is 33.0 Å². The van der Waals surface area contributed by atoms with E-state index < -0.39 is 12.4 Å². The summed E-state index contributed by atoms with van der Waals surface area (Å²) < 4.78 is 59.0. The van der Waals surface area contributed by atoms with Gasteiger partial charge in [0, 0.05) is 29.8 Å². The number of ether oxygens (including phenoxy) is 2. The Morgan fingerprint density at radius 2 is 1.98 bits per heavy atom. The summed E-state index contributed by atoms with van der Waals surface area (Å²) in [6.45, 7) is 0.434. The molecule has 2 bridgehead atoms. The van der Waals surface area contributed by atoms with Crippen LogP contribution in [0.2, 0.25) is 5.02 Å². The minimum absolute atomic E-state index is 0.0303. The molecule has 14 heteroatoms. The summed E-state index contributed by atoms with van der Waals surface area (Å²) in [7, 11) is 0. The van der Waals surface area contributed by atoms with Gasteiger partial charge in [0.2, 0.25) is 5.95 Å². The number of rotatable bonds is 5. The minimum Gasteiger partial charge on any atom is -0.489 e. The van der Waals surface area contributed by atoms with Gasteiger partial charge in [0.15, 0.2) is 11.6 Å². The summed E-state index contributed by atoms with van der Waals surface area (Å²) in [4.78, 5) is 18.3. The van der Waals surface area contributed by atoms with Crippen molar-refractivity contribution in [2.45, 2.75) is 68.7 Å². The first-order chi connectivity index (χ1) is 21.8. The fourth-order valence-corrected chi connectivity index (χ4v) is 8.94. The maximum Gasteiger partial charge on any atom is 0.321 e. The number of piperazine rings is 1. The Morgan fingerprint density at radius 3 is 2.78 bits per heavy atom. The zero-order valence-electron chi connectivity index (χ0n) is 24.4. The quantitative estimate of drug-likeness (QED) is 0.307. The predicted octanol–water partition coefficient (Wildman–Crippen LogP) is 5.13. The molecule has 3 unspecified atom stereocenters. The zero-order valence-corrected chi connectivity index (χ0v) is 25.2. The molecule has 5 aliphatic rings. The molecular weight excluding hydrogens is 609 g/mol. The average Bonchev–Trinajstić information content (AvgIpc) is 3.76. The summed E-state index contributed by atoms with van der Waals surface area (Å²) in [5.41, 5.74) is 5.94. The number of nitrogens with two attached hydrogens (primary N) is 1. The van der Waals surface area contributed by atoms with Gasteiger partial charge in [0.1, 0.15) is 24.5 Å². The fraction of sp³-hybridized carbons (Fsp3) is 0.516. The van der Waals surface area contributed by atoms with Gasteiger partial charge in [-0.25, -0.2) is 9.37 Å². The van der Waals surface area contributed by atoms with Gasteiger partial charge in [-0.2, -0.15) is 18.7 Å². The van der Waals surface area contributed by atoms with Crippen molar-refractivity contribution in [1.82, 2.24) is 29.7 Å². The van der Waals surface area contributed by atoms with Crippen LogP contribution in [0.3, 0.4) is 0 Å². The molecule has 4 aromatic rings.